The Morgan fingerprint density at radius 3 is 2.75 bits per heavy atom. The van der Waals surface area contributed by atoms with Crippen LogP contribution in [0.3, 0.4) is 0 Å². The maximum Gasteiger partial charge on any atom is 0.304 e. The molecule has 1 amide bonds. The van der Waals surface area contributed by atoms with Crippen LogP contribution in [0.4, 0.5) is 5.95 Å². The third-order valence-electron chi connectivity index (χ3n) is 2.72. The summed E-state index contributed by atoms with van der Waals surface area (Å²) >= 11 is 0. The molecule has 2 aromatic heterocycles. The molecular weight excluding hydrogens is 322 g/mol. The summed E-state index contributed by atoms with van der Waals surface area (Å²) in [4.78, 5) is 44.0. The van der Waals surface area contributed by atoms with Gasteiger partial charge in [0, 0.05) is 13.8 Å². The standard InChI is InChI=1S/C13H17N5O6/c1-8(19)15-13-16-11-10(12(21)17-13)14-5-18(11)6-22-3-4-23-7-24-9(2)20/h5H,3-4,6-7H2,1-2H3,(H2,15,16,17,19,21). The largest absolute Gasteiger partial charge is 0.439 e. The van der Waals surface area contributed by atoms with E-state index in [-0.39, 0.29) is 49.8 Å². The van der Waals surface area contributed by atoms with Gasteiger partial charge in [-0.1, -0.05) is 0 Å². The molecule has 0 atom stereocenters. The molecule has 0 aliphatic rings. The molecule has 0 spiro atoms. The Balaban J connectivity index is 1.92. The monoisotopic (exact) mass is 339 g/mol. The molecular formula is C13H17N5O6. The minimum atomic E-state index is -0.466. The number of nitrogens with one attached hydrogen (secondary N) is 2. The molecule has 0 aliphatic carbocycles. The van der Waals surface area contributed by atoms with E-state index in [2.05, 4.69) is 25.0 Å². The fourth-order valence-corrected chi connectivity index (χ4v) is 1.74. The Hall–Kier alpha value is -2.79. The van der Waals surface area contributed by atoms with Crippen molar-refractivity contribution in [1.82, 2.24) is 19.5 Å². The zero-order chi connectivity index (χ0) is 17.5. The van der Waals surface area contributed by atoms with Crippen molar-refractivity contribution in [3.8, 4) is 0 Å². The average Bonchev–Trinajstić information content (AvgIpc) is 2.89. The number of aromatic nitrogens is 4. The SMILES string of the molecule is CC(=O)Nc1nc2c(ncn2COCCOCOC(C)=O)c(=O)[nH]1. The molecule has 0 radical (unpaired) electrons. The van der Waals surface area contributed by atoms with Crippen molar-refractivity contribution in [2.24, 2.45) is 0 Å². The first-order valence-electron chi connectivity index (χ1n) is 6.99. The summed E-state index contributed by atoms with van der Waals surface area (Å²) in [6, 6.07) is 0. The number of hydrogen-bond acceptors (Lipinski definition) is 8. The number of carbonyl (C=O) groups is 2. The van der Waals surface area contributed by atoms with Crippen molar-refractivity contribution in [1.29, 1.82) is 0 Å². The maximum atomic E-state index is 11.9. The van der Waals surface area contributed by atoms with E-state index in [1.54, 1.807) is 0 Å². The van der Waals surface area contributed by atoms with Crippen LogP contribution in [0.15, 0.2) is 11.1 Å². The molecule has 130 valence electrons. The van der Waals surface area contributed by atoms with Crippen LogP contribution in [0.5, 0.6) is 0 Å². The van der Waals surface area contributed by atoms with E-state index in [1.165, 1.54) is 24.7 Å². The zero-order valence-electron chi connectivity index (χ0n) is 13.2. The lowest BCUT2D eigenvalue weighted by Crippen LogP contribution is -2.17. The van der Waals surface area contributed by atoms with E-state index in [1.807, 2.05) is 0 Å². The first kappa shape index (κ1) is 17.6. The predicted molar refractivity (Wildman–Crippen MR) is 81.0 cm³/mol. The van der Waals surface area contributed by atoms with Crippen molar-refractivity contribution >= 4 is 29.0 Å². The summed E-state index contributed by atoms with van der Waals surface area (Å²) in [5, 5.41) is 2.41. The highest BCUT2D eigenvalue weighted by Crippen LogP contribution is 2.08. The number of esters is 1. The van der Waals surface area contributed by atoms with E-state index < -0.39 is 11.5 Å². The van der Waals surface area contributed by atoms with Crippen molar-refractivity contribution < 1.29 is 23.8 Å². The smallest absolute Gasteiger partial charge is 0.304 e. The van der Waals surface area contributed by atoms with Gasteiger partial charge in [-0.15, -0.1) is 0 Å². The van der Waals surface area contributed by atoms with E-state index in [9.17, 15) is 14.4 Å². The Labute approximate surface area is 135 Å². The molecule has 2 N–H and O–H groups in total. The average molecular weight is 339 g/mol. The maximum absolute atomic E-state index is 11.9. The van der Waals surface area contributed by atoms with Crippen molar-refractivity contribution in [3.05, 3.63) is 16.7 Å². The number of ether oxygens (including phenoxy) is 3. The van der Waals surface area contributed by atoms with Crippen LogP contribution in [0.2, 0.25) is 0 Å². The van der Waals surface area contributed by atoms with Gasteiger partial charge in [0.25, 0.3) is 5.56 Å². The molecule has 0 unspecified atom stereocenters. The number of hydrogen-bond donors (Lipinski definition) is 2. The number of H-pyrrole nitrogens is 1. The number of rotatable bonds is 8. The summed E-state index contributed by atoms with van der Waals surface area (Å²) < 4.78 is 16.5. The number of aromatic amines is 1. The van der Waals surface area contributed by atoms with E-state index in [4.69, 9.17) is 9.47 Å². The predicted octanol–water partition coefficient (Wildman–Crippen LogP) is -0.411. The molecule has 2 heterocycles. The first-order valence-corrected chi connectivity index (χ1v) is 6.99. The van der Waals surface area contributed by atoms with Crippen LogP contribution < -0.4 is 10.9 Å². The quantitative estimate of drug-likeness (QED) is 0.376. The fourth-order valence-electron chi connectivity index (χ4n) is 1.74. The second-order valence-corrected chi connectivity index (χ2v) is 4.68. The Kier molecular flexibility index (Phi) is 5.98. The molecule has 24 heavy (non-hydrogen) atoms. The second kappa shape index (κ2) is 8.17. The number of imidazole rings is 1. The van der Waals surface area contributed by atoms with E-state index >= 15 is 0 Å². The summed E-state index contributed by atoms with van der Waals surface area (Å²) in [6.45, 7) is 3.01. The van der Waals surface area contributed by atoms with Gasteiger partial charge in [-0.2, -0.15) is 4.98 Å². The minimum absolute atomic E-state index is 0.0338. The van der Waals surface area contributed by atoms with Crippen LogP contribution in [0.25, 0.3) is 11.2 Å². The van der Waals surface area contributed by atoms with Crippen LogP contribution in [-0.4, -0.2) is 51.4 Å². The minimum Gasteiger partial charge on any atom is -0.439 e. The first-order chi connectivity index (χ1) is 11.5. The summed E-state index contributed by atoms with van der Waals surface area (Å²) in [7, 11) is 0. The third-order valence-corrected chi connectivity index (χ3v) is 2.72. The second-order valence-electron chi connectivity index (χ2n) is 4.68. The Morgan fingerprint density at radius 2 is 2.04 bits per heavy atom. The number of nitrogens with zero attached hydrogens (tertiary/aromatic N) is 3. The number of carbonyl (C=O) groups excluding carboxylic acids is 2. The summed E-state index contributed by atoms with van der Waals surface area (Å²) in [5.41, 5.74) is -0.0469. The fraction of sp³-hybridized carbons (Fsp3) is 0.462. The van der Waals surface area contributed by atoms with E-state index in [0.29, 0.717) is 0 Å². The lowest BCUT2D eigenvalue weighted by Gasteiger charge is -2.07. The van der Waals surface area contributed by atoms with Crippen LogP contribution in [0, 0.1) is 0 Å². The summed E-state index contributed by atoms with van der Waals surface area (Å²) in [5.74, 6) is -0.747. The van der Waals surface area contributed by atoms with Gasteiger partial charge in [0.15, 0.2) is 18.0 Å². The van der Waals surface area contributed by atoms with Crippen molar-refractivity contribution in [3.63, 3.8) is 0 Å². The topological polar surface area (TPSA) is 137 Å². The molecule has 0 saturated heterocycles. The van der Waals surface area contributed by atoms with Gasteiger partial charge in [0.2, 0.25) is 11.9 Å². The van der Waals surface area contributed by atoms with Crippen LogP contribution in [-0.2, 0) is 30.5 Å². The van der Waals surface area contributed by atoms with Gasteiger partial charge in [-0.05, 0) is 0 Å². The molecule has 11 heteroatoms. The number of amides is 1. The van der Waals surface area contributed by atoms with Crippen LogP contribution >= 0.6 is 0 Å². The van der Waals surface area contributed by atoms with Crippen LogP contribution in [0.1, 0.15) is 13.8 Å². The highest BCUT2D eigenvalue weighted by molar-refractivity contribution is 5.87. The number of anilines is 1. The lowest BCUT2D eigenvalue weighted by molar-refractivity contribution is -0.154. The lowest BCUT2D eigenvalue weighted by atomic mass is 10.5. The molecule has 0 aromatic carbocycles. The van der Waals surface area contributed by atoms with E-state index in [0.717, 1.165) is 0 Å². The molecule has 2 aromatic rings. The highest BCUT2D eigenvalue weighted by atomic mass is 16.7. The molecule has 0 fully saturated rings. The molecule has 0 bridgehead atoms. The molecule has 0 aliphatic heterocycles. The van der Waals surface area contributed by atoms with Crippen molar-refractivity contribution in [2.45, 2.75) is 20.6 Å². The number of fused-ring (bicyclic) bond motifs is 1. The highest BCUT2D eigenvalue weighted by Gasteiger charge is 2.11. The summed E-state index contributed by atoms with van der Waals surface area (Å²) in [6.07, 6.45) is 1.41. The van der Waals surface area contributed by atoms with Gasteiger partial charge in [0.05, 0.1) is 19.5 Å². The molecule has 2 rings (SSSR count). The van der Waals surface area contributed by atoms with Gasteiger partial charge in [-0.25, -0.2) is 4.98 Å². The van der Waals surface area contributed by atoms with Gasteiger partial charge in [-0.3, -0.25) is 29.3 Å². The zero-order valence-corrected chi connectivity index (χ0v) is 13.2. The Bertz CT molecular complexity index is 783. The molecule has 11 nitrogen and oxygen atoms in total. The van der Waals surface area contributed by atoms with Gasteiger partial charge in [0.1, 0.15) is 6.73 Å². The third kappa shape index (κ3) is 4.86. The normalized spacial score (nSPS) is 10.8. The van der Waals surface area contributed by atoms with Crippen molar-refractivity contribution in [2.75, 3.05) is 25.3 Å². The van der Waals surface area contributed by atoms with Gasteiger partial charge >= 0.3 is 5.97 Å². The Morgan fingerprint density at radius 1 is 1.29 bits per heavy atom. The van der Waals surface area contributed by atoms with Gasteiger partial charge < -0.3 is 14.2 Å². The molecule has 0 saturated carbocycles.